The maximum Gasteiger partial charge on any atom is 0.303 e. The Morgan fingerprint density at radius 2 is 1.33 bits per heavy atom. The van der Waals surface area contributed by atoms with E-state index in [9.17, 15) is 24.0 Å². The average molecular weight is 429 g/mol. The van der Waals surface area contributed by atoms with Gasteiger partial charge in [0.2, 0.25) is 6.10 Å². The SMILES string of the molecule is CC(=O)OC[C@@H](OC(C)=O)[C@@H](OC(C)=O)[C@H](OC(C)=O)[C@@H](OC(C)=O)c1ncn[nH]1. The largest absolute Gasteiger partial charge is 0.462 e. The Morgan fingerprint density at radius 3 is 1.77 bits per heavy atom. The van der Waals surface area contributed by atoms with Crippen molar-refractivity contribution < 1.29 is 47.7 Å². The molecule has 4 atom stereocenters. The Bertz CT molecular complexity index is 764. The molecule has 1 aromatic heterocycles. The molecule has 166 valence electrons. The van der Waals surface area contributed by atoms with Crippen LogP contribution in [0.25, 0.3) is 0 Å². The van der Waals surface area contributed by atoms with Crippen molar-refractivity contribution in [1.82, 2.24) is 15.2 Å². The van der Waals surface area contributed by atoms with Crippen LogP contribution in [0.4, 0.5) is 0 Å². The van der Waals surface area contributed by atoms with Gasteiger partial charge >= 0.3 is 29.8 Å². The molecule has 1 heterocycles. The molecule has 1 N–H and O–H groups in total. The zero-order valence-electron chi connectivity index (χ0n) is 17.1. The zero-order chi connectivity index (χ0) is 22.8. The second kappa shape index (κ2) is 11.5. The third kappa shape index (κ3) is 8.24. The molecule has 13 nitrogen and oxygen atoms in total. The first-order chi connectivity index (χ1) is 14.0. The number of esters is 5. The summed E-state index contributed by atoms with van der Waals surface area (Å²) in [6, 6.07) is 0. The van der Waals surface area contributed by atoms with Crippen LogP contribution in [-0.2, 0) is 47.7 Å². The van der Waals surface area contributed by atoms with Crippen LogP contribution in [-0.4, -0.2) is 69.9 Å². The van der Waals surface area contributed by atoms with Gasteiger partial charge < -0.3 is 23.7 Å². The van der Waals surface area contributed by atoms with Gasteiger partial charge in [-0.2, -0.15) is 5.10 Å². The molecule has 13 heteroatoms. The van der Waals surface area contributed by atoms with Gasteiger partial charge in [-0.05, 0) is 0 Å². The van der Waals surface area contributed by atoms with Crippen LogP contribution >= 0.6 is 0 Å². The second-order valence-corrected chi connectivity index (χ2v) is 6.00. The lowest BCUT2D eigenvalue weighted by atomic mass is 10.0. The van der Waals surface area contributed by atoms with E-state index in [0.717, 1.165) is 40.9 Å². The van der Waals surface area contributed by atoms with Gasteiger partial charge in [0.15, 0.2) is 24.1 Å². The Hall–Kier alpha value is -3.51. The molecule has 1 rings (SSSR count). The summed E-state index contributed by atoms with van der Waals surface area (Å²) in [5, 5.41) is 6.13. The standard InChI is InChI=1S/C17H23N3O10/c1-8(21)26-6-13(27-9(2)22)14(28-10(3)23)15(29-11(4)24)16(30-12(5)25)17-18-7-19-20-17/h7,13-16H,6H2,1-5H3,(H,18,19,20)/t13-,14-,15+,16-/m1/s1. The minimum absolute atomic E-state index is 0.0392. The van der Waals surface area contributed by atoms with Crippen molar-refractivity contribution in [1.29, 1.82) is 0 Å². The van der Waals surface area contributed by atoms with Gasteiger partial charge in [0.25, 0.3) is 0 Å². The molecular formula is C17H23N3O10. The number of nitrogens with zero attached hydrogens (tertiary/aromatic N) is 2. The van der Waals surface area contributed by atoms with Gasteiger partial charge in [-0.15, -0.1) is 0 Å². The number of hydrogen-bond acceptors (Lipinski definition) is 12. The second-order valence-electron chi connectivity index (χ2n) is 6.00. The highest BCUT2D eigenvalue weighted by Crippen LogP contribution is 2.28. The topological polar surface area (TPSA) is 173 Å². The van der Waals surface area contributed by atoms with Crippen LogP contribution in [0.1, 0.15) is 46.5 Å². The minimum Gasteiger partial charge on any atom is -0.462 e. The normalized spacial score (nSPS) is 14.4. The molecule has 0 bridgehead atoms. The van der Waals surface area contributed by atoms with Crippen LogP contribution in [0.5, 0.6) is 0 Å². The Morgan fingerprint density at radius 1 is 0.800 bits per heavy atom. The average Bonchev–Trinajstić information content (AvgIpc) is 3.13. The molecule has 0 fully saturated rings. The summed E-state index contributed by atoms with van der Waals surface area (Å²) in [7, 11) is 0. The highest BCUT2D eigenvalue weighted by molar-refractivity contribution is 5.69. The molecule has 1 aromatic rings. The third-order valence-electron chi connectivity index (χ3n) is 3.36. The maximum absolute atomic E-state index is 11.8. The predicted molar refractivity (Wildman–Crippen MR) is 94.2 cm³/mol. The van der Waals surface area contributed by atoms with Gasteiger partial charge in [0.05, 0.1) is 0 Å². The number of H-pyrrole nitrogens is 1. The van der Waals surface area contributed by atoms with Gasteiger partial charge in [0.1, 0.15) is 12.9 Å². The van der Waals surface area contributed by atoms with Crippen LogP contribution < -0.4 is 0 Å². The summed E-state index contributed by atoms with van der Waals surface area (Å²) in [4.78, 5) is 61.9. The van der Waals surface area contributed by atoms with Gasteiger partial charge in [-0.3, -0.25) is 29.1 Å². The van der Waals surface area contributed by atoms with Gasteiger partial charge in [-0.1, -0.05) is 0 Å². The number of carbonyl (C=O) groups is 5. The minimum atomic E-state index is -1.54. The number of aromatic nitrogens is 3. The number of aromatic amines is 1. The molecule has 0 aliphatic carbocycles. The zero-order valence-corrected chi connectivity index (χ0v) is 17.1. The summed E-state index contributed by atoms with van der Waals surface area (Å²) in [6.07, 6.45) is -4.79. The molecule has 0 aliphatic heterocycles. The van der Waals surface area contributed by atoms with Gasteiger partial charge in [-0.25, -0.2) is 4.98 Å². The van der Waals surface area contributed by atoms with Crippen LogP contribution in [0, 0.1) is 0 Å². The maximum atomic E-state index is 11.8. The molecule has 0 aliphatic rings. The smallest absolute Gasteiger partial charge is 0.303 e. The molecule has 0 saturated carbocycles. The van der Waals surface area contributed by atoms with E-state index >= 15 is 0 Å². The molecule has 0 aromatic carbocycles. The van der Waals surface area contributed by atoms with Crippen molar-refractivity contribution in [3.8, 4) is 0 Å². The van der Waals surface area contributed by atoms with E-state index in [1.54, 1.807) is 0 Å². The van der Waals surface area contributed by atoms with Crippen molar-refractivity contribution in [3.05, 3.63) is 12.2 Å². The van der Waals surface area contributed by atoms with Crippen LogP contribution in [0.3, 0.4) is 0 Å². The van der Waals surface area contributed by atoms with E-state index in [4.69, 9.17) is 23.7 Å². The molecule has 30 heavy (non-hydrogen) atoms. The molecule has 0 unspecified atom stereocenters. The van der Waals surface area contributed by atoms with Crippen LogP contribution in [0.2, 0.25) is 0 Å². The fraction of sp³-hybridized carbons (Fsp3) is 0.588. The fourth-order valence-electron chi connectivity index (χ4n) is 2.46. The molecular weight excluding hydrogens is 406 g/mol. The van der Waals surface area contributed by atoms with Crippen molar-refractivity contribution in [2.75, 3.05) is 6.61 Å². The van der Waals surface area contributed by atoms with Crippen molar-refractivity contribution in [3.63, 3.8) is 0 Å². The summed E-state index contributed by atoms with van der Waals surface area (Å²) < 4.78 is 25.7. The molecule has 0 saturated heterocycles. The number of carbonyl (C=O) groups excluding carboxylic acids is 5. The lowest BCUT2D eigenvalue weighted by Crippen LogP contribution is -2.50. The van der Waals surface area contributed by atoms with E-state index < -0.39 is 60.9 Å². The van der Waals surface area contributed by atoms with E-state index in [-0.39, 0.29) is 5.82 Å². The van der Waals surface area contributed by atoms with Gasteiger partial charge in [0, 0.05) is 34.6 Å². The van der Waals surface area contributed by atoms with E-state index in [1.807, 2.05) is 0 Å². The molecule has 0 spiro atoms. The summed E-state index contributed by atoms with van der Waals surface area (Å²) in [5.41, 5.74) is 0. The van der Waals surface area contributed by atoms with Crippen molar-refractivity contribution in [2.24, 2.45) is 0 Å². The molecule has 0 amide bonds. The summed E-state index contributed by atoms with van der Waals surface area (Å²) in [5.74, 6) is -3.99. The number of hydrogen-bond donors (Lipinski definition) is 1. The van der Waals surface area contributed by atoms with Crippen LogP contribution in [0.15, 0.2) is 6.33 Å². The Labute approximate surface area is 171 Å². The Kier molecular flexibility index (Phi) is 9.39. The predicted octanol–water partition coefficient (Wildman–Crippen LogP) is -0.233. The summed E-state index contributed by atoms with van der Waals surface area (Å²) in [6.45, 7) is 4.88. The summed E-state index contributed by atoms with van der Waals surface area (Å²) >= 11 is 0. The first kappa shape index (κ1) is 24.5. The lowest BCUT2D eigenvalue weighted by molar-refractivity contribution is -0.204. The number of nitrogens with one attached hydrogen (secondary N) is 1. The van der Waals surface area contributed by atoms with E-state index in [0.29, 0.717) is 0 Å². The van der Waals surface area contributed by atoms with Crippen molar-refractivity contribution >= 4 is 29.8 Å². The Balaban J connectivity index is 3.47. The van der Waals surface area contributed by atoms with E-state index in [1.165, 1.54) is 0 Å². The van der Waals surface area contributed by atoms with Crippen molar-refractivity contribution in [2.45, 2.75) is 59.0 Å². The fourth-order valence-corrected chi connectivity index (χ4v) is 2.46. The highest BCUT2D eigenvalue weighted by Gasteiger charge is 2.45. The monoisotopic (exact) mass is 429 g/mol. The third-order valence-corrected chi connectivity index (χ3v) is 3.36. The first-order valence-corrected chi connectivity index (χ1v) is 8.68. The highest BCUT2D eigenvalue weighted by atomic mass is 16.6. The molecule has 0 radical (unpaired) electrons. The number of rotatable bonds is 10. The lowest BCUT2D eigenvalue weighted by Gasteiger charge is -2.34. The quantitative estimate of drug-likeness (QED) is 0.383. The first-order valence-electron chi connectivity index (χ1n) is 8.68. The number of ether oxygens (including phenoxy) is 5. The van der Waals surface area contributed by atoms with E-state index in [2.05, 4.69) is 15.2 Å².